The van der Waals surface area contributed by atoms with Crippen LogP contribution in [0.25, 0.3) is 0 Å². The number of aromatic nitrogens is 1. The molecule has 1 amide bonds. The summed E-state index contributed by atoms with van der Waals surface area (Å²) in [6, 6.07) is 4.94. The van der Waals surface area contributed by atoms with Gasteiger partial charge in [-0.1, -0.05) is 11.6 Å². The number of hydrogen-bond donors (Lipinski definition) is 1. The molecule has 2 aromatic rings. The van der Waals surface area contributed by atoms with E-state index in [0.717, 1.165) is 9.75 Å². The summed E-state index contributed by atoms with van der Waals surface area (Å²) in [6.07, 6.45) is 0.496. The van der Waals surface area contributed by atoms with Gasteiger partial charge in [-0.2, -0.15) is 0 Å². The van der Waals surface area contributed by atoms with Crippen molar-refractivity contribution in [3.05, 3.63) is 44.7 Å². The Morgan fingerprint density at radius 2 is 2.09 bits per heavy atom. The lowest BCUT2D eigenvalue weighted by atomic mass is 10.2. The number of thiophene rings is 1. The lowest BCUT2D eigenvalue weighted by Crippen LogP contribution is -2.30. The third-order valence-corrected chi connectivity index (χ3v) is 4.08. The van der Waals surface area contributed by atoms with Crippen molar-refractivity contribution in [3.8, 4) is 0 Å². The maximum absolute atomic E-state index is 12.1. The summed E-state index contributed by atoms with van der Waals surface area (Å²) in [6.45, 7) is 5.27. The van der Waals surface area contributed by atoms with Crippen LogP contribution in [0.5, 0.6) is 0 Å². The number of carbonyl (C=O) groups is 2. The molecule has 0 radical (unpaired) electrons. The van der Waals surface area contributed by atoms with E-state index in [-0.39, 0.29) is 0 Å². The Morgan fingerprint density at radius 3 is 2.64 bits per heavy atom. The van der Waals surface area contributed by atoms with Gasteiger partial charge in [0.05, 0.1) is 10.6 Å². The van der Waals surface area contributed by atoms with Gasteiger partial charge in [0, 0.05) is 16.0 Å². The van der Waals surface area contributed by atoms with Gasteiger partial charge in [-0.25, -0.2) is 9.78 Å². The Balaban J connectivity index is 1.97. The molecule has 1 atom stereocenters. The highest BCUT2D eigenvalue weighted by Gasteiger charge is 2.21. The van der Waals surface area contributed by atoms with Crippen molar-refractivity contribution in [2.75, 3.05) is 5.32 Å². The number of carbonyl (C=O) groups excluding carboxylic acids is 2. The Hall–Kier alpha value is -1.92. The minimum Gasteiger partial charge on any atom is -0.449 e. The van der Waals surface area contributed by atoms with Gasteiger partial charge in [0.25, 0.3) is 5.91 Å². The number of esters is 1. The second-order valence-electron chi connectivity index (χ2n) is 4.73. The predicted molar refractivity (Wildman–Crippen MR) is 86.5 cm³/mol. The first-order valence-corrected chi connectivity index (χ1v) is 7.76. The third kappa shape index (κ3) is 4.05. The molecule has 2 rings (SSSR count). The highest BCUT2D eigenvalue weighted by atomic mass is 35.5. The molecule has 0 aliphatic heterocycles. The highest BCUT2D eigenvalue weighted by Crippen LogP contribution is 2.21. The SMILES string of the molecule is Cc1cc(C(=O)O[C@H](C)C(=O)Nc2ccc(Cl)cn2)c(C)s1. The molecule has 0 aliphatic rings. The van der Waals surface area contributed by atoms with Gasteiger partial charge in [0.1, 0.15) is 5.82 Å². The fourth-order valence-corrected chi connectivity index (χ4v) is 2.81. The molecule has 116 valence electrons. The molecule has 2 aromatic heterocycles. The van der Waals surface area contributed by atoms with Crippen molar-refractivity contribution < 1.29 is 14.3 Å². The number of halogens is 1. The van der Waals surface area contributed by atoms with Crippen LogP contribution in [0.2, 0.25) is 5.02 Å². The summed E-state index contributed by atoms with van der Waals surface area (Å²) in [5.41, 5.74) is 0.492. The van der Waals surface area contributed by atoms with Crippen molar-refractivity contribution in [2.24, 2.45) is 0 Å². The Morgan fingerprint density at radius 1 is 1.36 bits per heavy atom. The number of anilines is 1. The van der Waals surface area contributed by atoms with Crippen molar-refractivity contribution in [2.45, 2.75) is 26.9 Å². The van der Waals surface area contributed by atoms with Crippen LogP contribution in [0, 0.1) is 13.8 Å². The van der Waals surface area contributed by atoms with Crippen LogP contribution < -0.4 is 5.32 Å². The lowest BCUT2D eigenvalue weighted by Gasteiger charge is -2.13. The summed E-state index contributed by atoms with van der Waals surface area (Å²) >= 11 is 7.23. The van der Waals surface area contributed by atoms with Gasteiger partial charge in [-0.15, -0.1) is 11.3 Å². The first kappa shape index (κ1) is 16.5. The van der Waals surface area contributed by atoms with E-state index in [1.165, 1.54) is 24.5 Å². The van der Waals surface area contributed by atoms with Crippen LogP contribution in [-0.4, -0.2) is 23.0 Å². The highest BCUT2D eigenvalue weighted by molar-refractivity contribution is 7.12. The summed E-state index contributed by atoms with van der Waals surface area (Å²) < 4.78 is 5.19. The fourth-order valence-electron chi connectivity index (χ4n) is 1.79. The molecule has 7 heteroatoms. The van der Waals surface area contributed by atoms with E-state index >= 15 is 0 Å². The van der Waals surface area contributed by atoms with Crippen LogP contribution in [0.15, 0.2) is 24.4 Å². The second-order valence-corrected chi connectivity index (χ2v) is 6.62. The van der Waals surface area contributed by atoms with E-state index < -0.39 is 18.0 Å². The summed E-state index contributed by atoms with van der Waals surface area (Å²) in [5, 5.41) is 3.04. The summed E-state index contributed by atoms with van der Waals surface area (Å²) in [5.74, 6) is -0.610. The van der Waals surface area contributed by atoms with Crippen molar-refractivity contribution in [1.29, 1.82) is 0 Å². The van der Waals surface area contributed by atoms with Crippen molar-refractivity contribution in [1.82, 2.24) is 4.98 Å². The molecule has 0 saturated heterocycles. The maximum Gasteiger partial charge on any atom is 0.340 e. The Bertz CT molecular complexity index is 697. The van der Waals surface area contributed by atoms with Crippen LogP contribution in [0.3, 0.4) is 0 Å². The molecule has 0 aromatic carbocycles. The van der Waals surface area contributed by atoms with E-state index in [9.17, 15) is 9.59 Å². The first-order chi connectivity index (χ1) is 10.4. The number of nitrogens with zero attached hydrogens (tertiary/aromatic N) is 1. The molecule has 0 bridgehead atoms. The number of pyridine rings is 1. The second kappa shape index (κ2) is 6.89. The molecule has 22 heavy (non-hydrogen) atoms. The van der Waals surface area contributed by atoms with E-state index in [2.05, 4.69) is 10.3 Å². The van der Waals surface area contributed by atoms with Crippen LogP contribution in [-0.2, 0) is 9.53 Å². The smallest absolute Gasteiger partial charge is 0.340 e. The van der Waals surface area contributed by atoms with Gasteiger partial charge >= 0.3 is 5.97 Å². The molecule has 0 spiro atoms. The predicted octanol–water partition coefficient (Wildman–Crippen LogP) is 3.60. The van der Waals surface area contributed by atoms with E-state index in [1.807, 2.05) is 13.8 Å². The zero-order valence-corrected chi connectivity index (χ0v) is 13.9. The molecule has 0 aliphatic carbocycles. The van der Waals surface area contributed by atoms with Gasteiger partial charge < -0.3 is 10.1 Å². The van der Waals surface area contributed by atoms with E-state index in [0.29, 0.717) is 16.4 Å². The number of aryl methyl sites for hydroxylation is 2. The minimum absolute atomic E-state index is 0.347. The number of nitrogens with one attached hydrogen (secondary N) is 1. The third-order valence-electron chi connectivity index (χ3n) is 2.89. The van der Waals surface area contributed by atoms with E-state index in [1.54, 1.807) is 18.2 Å². The van der Waals surface area contributed by atoms with Gasteiger partial charge in [0.2, 0.25) is 0 Å². The van der Waals surface area contributed by atoms with E-state index in [4.69, 9.17) is 16.3 Å². The first-order valence-electron chi connectivity index (χ1n) is 6.57. The molecule has 0 fully saturated rings. The zero-order chi connectivity index (χ0) is 16.3. The largest absolute Gasteiger partial charge is 0.449 e. The molecule has 0 unspecified atom stereocenters. The van der Waals surface area contributed by atoms with Crippen LogP contribution >= 0.6 is 22.9 Å². The van der Waals surface area contributed by atoms with Crippen molar-refractivity contribution >= 4 is 40.6 Å². The standard InChI is InChI=1S/C15H15ClN2O3S/c1-8-6-12(10(3)22-8)15(20)21-9(2)14(19)18-13-5-4-11(16)7-17-13/h4-7,9H,1-3H3,(H,17,18,19)/t9-/m1/s1. The molecule has 0 saturated carbocycles. The van der Waals surface area contributed by atoms with Crippen molar-refractivity contribution in [3.63, 3.8) is 0 Å². The minimum atomic E-state index is -0.926. The average molecular weight is 339 g/mol. The number of rotatable bonds is 4. The van der Waals surface area contributed by atoms with Gasteiger partial charge in [-0.3, -0.25) is 4.79 Å². The number of ether oxygens (including phenoxy) is 1. The summed E-state index contributed by atoms with van der Waals surface area (Å²) in [7, 11) is 0. The molecule has 1 N–H and O–H groups in total. The normalized spacial score (nSPS) is 11.8. The summed E-state index contributed by atoms with van der Waals surface area (Å²) in [4.78, 5) is 29.9. The Labute approximate surface area is 137 Å². The van der Waals surface area contributed by atoms with Crippen LogP contribution in [0.4, 0.5) is 5.82 Å². The van der Waals surface area contributed by atoms with Crippen LogP contribution in [0.1, 0.15) is 27.0 Å². The fraction of sp³-hybridized carbons (Fsp3) is 0.267. The van der Waals surface area contributed by atoms with Gasteiger partial charge in [-0.05, 0) is 39.0 Å². The topological polar surface area (TPSA) is 68.3 Å². The monoisotopic (exact) mass is 338 g/mol. The molecular weight excluding hydrogens is 324 g/mol. The van der Waals surface area contributed by atoms with Gasteiger partial charge in [0.15, 0.2) is 6.10 Å². The molecule has 2 heterocycles. The molecule has 5 nitrogen and oxygen atoms in total. The lowest BCUT2D eigenvalue weighted by molar-refractivity contribution is -0.123. The number of hydrogen-bond acceptors (Lipinski definition) is 5. The quantitative estimate of drug-likeness (QED) is 0.865. The maximum atomic E-state index is 12.1. The number of amides is 1. The zero-order valence-electron chi connectivity index (χ0n) is 12.3. The average Bonchev–Trinajstić information content (AvgIpc) is 2.80. The Kier molecular flexibility index (Phi) is 5.15. The molecular formula is C15H15ClN2O3S.